The first-order chi connectivity index (χ1) is 5.22. The van der Waals surface area contributed by atoms with Crippen LogP contribution in [0.5, 0.6) is 0 Å². The third kappa shape index (κ3) is 5.93. The molecule has 0 aromatic rings. The molecular formula is C8H15ClIN. The molecule has 0 aliphatic carbocycles. The van der Waals surface area contributed by atoms with Crippen molar-refractivity contribution in [1.29, 1.82) is 0 Å². The Morgan fingerprint density at radius 3 is 2.55 bits per heavy atom. The van der Waals surface area contributed by atoms with Crippen LogP contribution >= 0.6 is 34.2 Å². The van der Waals surface area contributed by atoms with Crippen LogP contribution in [-0.2, 0) is 0 Å². The number of alkyl halides is 1. The van der Waals surface area contributed by atoms with Crippen LogP contribution in [0.2, 0.25) is 0 Å². The smallest absolute Gasteiger partial charge is 0.0183 e. The van der Waals surface area contributed by atoms with E-state index in [-0.39, 0.29) is 0 Å². The fraction of sp³-hybridized carbons (Fsp3) is 0.750. The highest BCUT2D eigenvalue weighted by Gasteiger charge is 2.08. The van der Waals surface area contributed by atoms with Gasteiger partial charge in [-0.25, -0.2) is 0 Å². The zero-order chi connectivity index (χ0) is 8.69. The molecule has 0 aromatic heterocycles. The molecule has 0 spiro atoms. The molecule has 0 saturated heterocycles. The molecule has 1 nitrogen and oxygen atoms in total. The molecule has 0 fully saturated rings. The molecule has 0 aliphatic heterocycles. The van der Waals surface area contributed by atoms with E-state index in [0.29, 0.717) is 12.0 Å². The van der Waals surface area contributed by atoms with Crippen LogP contribution in [0.3, 0.4) is 0 Å². The van der Waals surface area contributed by atoms with Gasteiger partial charge >= 0.3 is 0 Å². The van der Waals surface area contributed by atoms with Gasteiger partial charge in [0.15, 0.2) is 0 Å². The number of halogens is 2. The van der Waals surface area contributed by atoms with Crippen molar-refractivity contribution < 1.29 is 0 Å². The van der Waals surface area contributed by atoms with Gasteiger partial charge in [-0.1, -0.05) is 54.1 Å². The van der Waals surface area contributed by atoms with Crippen molar-refractivity contribution in [2.45, 2.75) is 19.9 Å². The SMILES string of the molecule is CC(C)C(CI)NC/C=C/Cl. The molecule has 11 heavy (non-hydrogen) atoms. The van der Waals surface area contributed by atoms with Crippen LogP contribution in [0, 0.1) is 5.92 Å². The maximum atomic E-state index is 5.39. The van der Waals surface area contributed by atoms with Crippen molar-refractivity contribution in [3.05, 3.63) is 11.6 Å². The van der Waals surface area contributed by atoms with Crippen molar-refractivity contribution in [3.8, 4) is 0 Å². The standard InChI is InChI=1S/C8H15ClIN/c1-7(2)8(6-10)11-5-3-4-9/h3-4,7-8,11H,5-6H2,1-2H3/b4-3+. The van der Waals surface area contributed by atoms with E-state index in [1.54, 1.807) is 5.54 Å². The monoisotopic (exact) mass is 287 g/mol. The first-order valence-electron chi connectivity index (χ1n) is 3.77. The van der Waals surface area contributed by atoms with E-state index < -0.39 is 0 Å². The van der Waals surface area contributed by atoms with E-state index in [9.17, 15) is 0 Å². The van der Waals surface area contributed by atoms with Gasteiger partial charge in [-0.05, 0) is 5.92 Å². The van der Waals surface area contributed by atoms with E-state index in [1.165, 1.54) is 0 Å². The lowest BCUT2D eigenvalue weighted by Gasteiger charge is -2.18. The summed E-state index contributed by atoms with van der Waals surface area (Å²) in [5.74, 6) is 0.690. The van der Waals surface area contributed by atoms with Gasteiger partial charge in [0.05, 0.1) is 0 Å². The fourth-order valence-electron chi connectivity index (χ4n) is 0.732. The summed E-state index contributed by atoms with van der Waals surface area (Å²) in [6.45, 7) is 5.32. The maximum Gasteiger partial charge on any atom is 0.0183 e. The summed E-state index contributed by atoms with van der Waals surface area (Å²) in [6, 6.07) is 0.600. The lowest BCUT2D eigenvalue weighted by molar-refractivity contribution is 0.456. The van der Waals surface area contributed by atoms with E-state index in [1.807, 2.05) is 6.08 Å². The molecule has 66 valence electrons. The third-order valence-corrected chi connectivity index (χ3v) is 2.69. The molecule has 0 bridgehead atoms. The molecule has 1 atom stereocenters. The van der Waals surface area contributed by atoms with Crippen molar-refractivity contribution in [2.75, 3.05) is 11.0 Å². The molecule has 0 heterocycles. The zero-order valence-corrected chi connectivity index (χ0v) is 9.89. The average molecular weight is 288 g/mol. The van der Waals surface area contributed by atoms with E-state index >= 15 is 0 Å². The second-order valence-corrected chi connectivity index (χ2v) is 3.91. The van der Waals surface area contributed by atoms with Gasteiger partial charge in [0, 0.05) is 22.5 Å². The first kappa shape index (κ1) is 11.7. The van der Waals surface area contributed by atoms with Crippen LogP contribution in [0.15, 0.2) is 11.6 Å². The lowest BCUT2D eigenvalue weighted by atomic mass is 10.1. The van der Waals surface area contributed by atoms with Gasteiger partial charge in [0.25, 0.3) is 0 Å². The molecular weight excluding hydrogens is 272 g/mol. The highest BCUT2D eigenvalue weighted by atomic mass is 127. The second-order valence-electron chi connectivity index (χ2n) is 2.77. The van der Waals surface area contributed by atoms with E-state index in [2.05, 4.69) is 41.8 Å². The van der Waals surface area contributed by atoms with Crippen LogP contribution in [0.1, 0.15) is 13.8 Å². The lowest BCUT2D eigenvalue weighted by Crippen LogP contribution is -2.35. The molecule has 0 aromatic carbocycles. The first-order valence-corrected chi connectivity index (χ1v) is 5.73. The molecule has 0 rings (SSSR count). The Labute approximate surface area is 87.7 Å². The molecule has 0 saturated carbocycles. The minimum atomic E-state index is 0.600. The van der Waals surface area contributed by atoms with Crippen LogP contribution in [-0.4, -0.2) is 17.0 Å². The number of hydrogen-bond acceptors (Lipinski definition) is 1. The minimum absolute atomic E-state index is 0.600. The van der Waals surface area contributed by atoms with Gasteiger partial charge in [-0.2, -0.15) is 0 Å². The minimum Gasteiger partial charge on any atom is -0.309 e. The summed E-state index contributed by atoms with van der Waals surface area (Å²) in [4.78, 5) is 0. The Morgan fingerprint density at radius 2 is 2.18 bits per heavy atom. The normalized spacial score (nSPS) is 14.6. The second kappa shape index (κ2) is 7.37. The summed E-state index contributed by atoms with van der Waals surface area (Å²) < 4.78 is 1.14. The van der Waals surface area contributed by atoms with Gasteiger partial charge in [-0.3, -0.25) is 0 Å². The summed E-state index contributed by atoms with van der Waals surface area (Å²) in [5, 5.41) is 3.39. The Morgan fingerprint density at radius 1 is 1.55 bits per heavy atom. The Bertz CT molecular complexity index is 115. The third-order valence-electron chi connectivity index (χ3n) is 1.56. The molecule has 0 aliphatic rings. The highest BCUT2D eigenvalue weighted by molar-refractivity contribution is 14.1. The van der Waals surface area contributed by atoms with Crippen LogP contribution in [0.25, 0.3) is 0 Å². The molecule has 0 radical (unpaired) electrons. The van der Waals surface area contributed by atoms with Crippen molar-refractivity contribution >= 4 is 34.2 Å². The van der Waals surface area contributed by atoms with Gasteiger partial charge in [0.2, 0.25) is 0 Å². The van der Waals surface area contributed by atoms with E-state index in [4.69, 9.17) is 11.6 Å². The maximum absolute atomic E-state index is 5.39. The van der Waals surface area contributed by atoms with Gasteiger partial charge in [-0.15, -0.1) is 0 Å². The molecule has 1 unspecified atom stereocenters. The topological polar surface area (TPSA) is 12.0 Å². The van der Waals surface area contributed by atoms with Crippen molar-refractivity contribution in [1.82, 2.24) is 5.32 Å². The summed E-state index contributed by atoms with van der Waals surface area (Å²) >= 11 is 7.78. The number of hydrogen-bond donors (Lipinski definition) is 1. The van der Waals surface area contributed by atoms with Crippen molar-refractivity contribution in [3.63, 3.8) is 0 Å². The quantitative estimate of drug-likeness (QED) is 0.606. The summed E-state index contributed by atoms with van der Waals surface area (Å²) in [5.41, 5.74) is 1.55. The van der Waals surface area contributed by atoms with Gasteiger partial charge in [0.1, 0.15) is 0 Å². The van der Waals surface area contributed by atoms with E-state index in [0.717, 1.165) is 11.0 Å². The number of rotatable bonds is 5. The molecule has 3 heteroatoms. The predicted octanol–water partition coefficient (Wildman–Crippen LogP) is 2.79. The Hall–Kier alpha value is 0.720. The summed E-state index contributed by atoms with van der Waals surface area (Å²) in [7, 11) is 0. The zero-order valence-electron chi connectivity index (χ0n) is 6.98. The summed E-state index contributed by atoms with van der Waals surface area (Å²) in [6.07, 6.45) is 1.92. The van der Waals surface area contributed by atoms with Crippen LogP contribution in [0.4, 0.5) is 0 Å². The van der Waals surface area contributed by atoms with Crippen LogP contribution < -0.4 is 5.32 Å². The predicted molar refractivity (Wildman–Crippen MR) is 60.5 cm³/mol. The average Bonchev–Trinajstić information content (AvgIpc) is 1.97. The molecule has 0 amide bonds. The Kier molecular flexibility index (Phi) is 7.86. The Balaban J connectivity index is 3.52. The highest BCUT2D eigenvalue weighted by Crippen LogP contribution is 2.04. The molecule has 1 N–H and O–H groups in total. The number of nitrogens with one attached hydrogen (secondary N) is 1. The largest absolute Gasteiger partial charge is 0.309 e. The van der Waals surface area contributed by atoms with Gasteiger partial charge < -0.3 is 5.32 Å². The van der Waals surface area contributed by atoms with Crippen molar-refractivity contribution in [2.24, 2.45) is 5.92 Å². The fourth-order valence-corrected chi connectivity index (χ4v) is 2.15.